The van der Waals surface area contributed by atoms with Gasteiger partial charge in [0.05, 0.1) is 5.60 Å². The van der Waals surface area contributed by atoms with Crippen molar-refractivity contribution < 1.29 is 9.53 Å². The molecule has 2 saturated heterocycles. The van der Waals surface area contributed by atoms with Crippen LogP contribution in [0.4, 0.5) is 0 Å². The monoisotopic (exact) mass is 308 g/mol. The predicted molar refractivity (Wildman–Crippen MR) is 87.8 cm³/mol. The van der Waals surface area contributed by atoms with Crippen LogP contribution in [0, 0.1) is 5.92 Å². The average Bonchev–Trinajstić information content (AvgIpc) is 3.25. The van der Waals surface area contributed by atoms with Gasteiger partial charge < -0.3 is 14.5 Å². The summed E-state index contributed by atoms with van der Waals surface area (Å²) in [5, 5.41) is 0. The highest BCUT2D eigenvalue weighted by molar-refractivity contribution is 5.89. The molecule has 0 radical (unpaired) electrons. The van der Waals surface area contributed by atoms with Gasteiger partial charge in [-0.1, -0.05) is 20.8 Å². The second kappa shape index (κ2) is 6.12. The van der Waals surface area contributed by atoms with E-state index in [2.05, 4.69) is 30.6 Å². The molecule has 0 aromatic carbocycles. The van der Waals surface area contributed by atoms with Crippen molar-refractivity contribution in [2.45, 2.75) is 70.5 Å². The zero-order chi connectivity index (χ0) is 15.8. The van der Waals surface area contributed by atoms with E-state index in [1.165, 1.54) is 13.0 Å². The minimum atomic E-state index is -0.423. The third kappa shape index (κ3) is 3.18. The number of carbonyl (C=O) groups excluding carboxylic acids is 1. The van der Waals surface area contributed by atoms with E-state index in [-0.39, 0.29) is 11.5 Å². The number of carbonyl (C=O) groups is 1. The lowest BCUT2D eigenvalue weighted by molar-refractivity contribution is -0.200. The van der Waals surface area contributed by atoms with Gasteiger partial charge in [0.2, 0.25) is 0 Å². The lowest BCUT2D eigenvalue weighted by Crippen LogP contribution is -2.63. The van der Waals surface area contributed by atoms with E-state index in [0.29, 0.717) is 0 Å². The van der Waals surface area contributed by atoms with Crippen molar-refractivity contribution in [1.82, 2.24) is 9.80 Å². The normalized spacial score (nSPS) is 27.1. The van der Waals surface area contributed by atoms with Crippen molar-refractivity contribution in [3.63, 3.8) is 0 Å². The molecule has 4 nitrogen and oxygen atoms in total. The van der Waals surface area contributed by atoms with E-state index in [0.717, 1.165) is 64.2 Å². The number of likely N-dealkylation sites (tertiary alicyclic amines) is 1. The second-order valence-electron chi connectivity index (χ2n) is 8.03. The zero-order valence-electron chi connectivity index (χ0n) is 14.6. The topological polar surface area (TPSA) is 32.8 Å². The summed E-state index contributed by atoms with van der Waals surface area (Å²) in [4.78, 5) is 17.2. The number of piperidine rings is 1. The predicted octanol–water partition coefficient (Wildman–Crippen LogP) is 2.67. The van der Waals surface area contributed by atoms with Gasteiger partial charge in [0.15, 0.2) is 0 Å². The first-order valence-corrected chi connectivity index (χ1v) is 9.20. The first-order valence-electron chi connectivity index (χ1n) is 9.20. The molecular formula is C18H32N2O2. The lowest BCUT2D eigenvalue weighted by Gasteiger charge is -2.50. The first-order chi connectivity index (χ1) is 10.5. The van der Waals surface area contributed by atoms with Gasteiger partial charge in [-0.3, -0.25) is 4.79 Å². The minimum Gasteiger partial charge on any atom is -0.357 e. The smallest absolute Gasteiger partial charge is 0.254 e. The van der Waals surface area contributed by atoms with Crippen molar-refractivity contribution >= 4 is 5.91 Å². The summed E-state index contributed by atoms with van der Waals surface area (Å²) in [5.74, 6) is 1.04. The molecule has 2 aliphatic heterocycles. The van der Waals surface area contributed by atoms with Crippen LogP contribution in [0.15, 0.2) is 0 Å². The molecule has 2 heterocycles. The average molecular weight is 308 g/mol. The SMILES string of the molecule is CCCN1CC2(CCN(CCC(C)C)CC2)OC2(CC2)C1=O. The van der Waals surface area contributed by atoms with Crippen LogP contribution in [-0.2, 0) is 9.53 Å². The molecule has 1 aliphatic carbocycles. The maximum absolute atomic E-state index is 12.6. The molecule has 1 amide bonds. The van der Waals surface area contributed by atoms with Crippen molar-refractivity contribution in [3.8, 4) is 0 Å². The van der Waals surface area contributed by atoms with Crippen molar-refractivity contribution in [2.75, 3.05) is 32.7 Å². The Balaban J connectivity index is 1.61. The summed E-state index contributed by atoms with van der Waals surface area (Å²) in [6, 6.07) is 0. The molecule has 126 valence electrons. The third-order valence-corrected chi connectivity index (χ3v) is 5.56. The summed E-state index contributed by atoms with van der Waals surface area (Å²) < 4.78 is 6.46. The summed E-state index contributed by atoms with van der Waals surface area (Å²) in [6.45, 7) is 11.9. The molecule has 0 atom stereocenters. The van der Waals surface area contributed by atoms with Crippen molar-refractivity contribution in [1.29, 1.82) is 0 Å². The van der Waals surface area contributed by atoms with Gasteiger partial charge in [-0.05, 0) is 51.0 Å². The van der Waals surface area contributed by atoms with Gasteiger partial charge in [0, 0.05) is 26.2 Å². The number of ether oxygens (including phenoxy) is 1. The molecule has 2 spiro atoms. The molecule has 4 heteroatoms. The molecule has 0 aromatic heterocycles. The molecule has 1 saturated carbocycles. The van der Waals surface area contributed by atoms with E-state index in [1.807, 2.05) is 0 Å². The molecule has 3 aliphatic rings. The van der Waals surface area contributed by atoms with Crippen LogP contribution < -0.4 is 0 Å². The fourth-order valence-corrected chi connectivity index (χ4v) is 3.96. The number of rotatable bonds is 5. The summed E-state index contributed by atoms with van der Waals surface area (Å²) in [5.41, 5.74) is -0.485. The van der Waals surface area contributed by atoms with Crippen LogP contribution >= 0.6 is 0 Å². The number of amides is 1. The lowest BCUT2D eigenvalue weighted by atomic mass is 9.87. The van der Waals surface area contributed by atoms with E-state index in [9.17, 15) is 4.79 Å². The highest BCUT2D eigenvalue weighted by Crippen LogP contribution is 2.49. The quantitative estimate of drug-likeness (QED) is 0.783. The highest BCUT2D eigenvalue weighted by Gasteiger charge is 2.61. The highest BCUT2D eigenvalue weighted by atomic mass is 16.5. The molecule has 0 unspecified atom stereocenters. The van der Waals surface area contributed by atoms with Gasteiger partial charge in [-0.15, -0.1) is 0 Å². The Morgan fingerprint density at radius 1 is 1.14 bits per heavy atom. The Labute approximate surface area is 135 Å². The second-order valence-corrected chi connectivity index (χ2v) is 8.03. The number of nitrogens with zero attached hydrogens (tertiary/aromatic N) is 2. The maximum Gasteiger partial charge on any atom is 0.254 e. The van der Waals surface area contributed by atoms with Gasteiger partial charge in [0.25, 0.3) is 5.91 Å². The van der Waals surface area contributed by atoms with E-state index in [4.69, 9.17) is 4.74 Å². The van der Waals surface area contributed by atoms with Gasteiger partial charge in [-0.2, -0.15) is 0 Å². The molecule has 3 rings (SSSR count). The number of hydrogen-bond donors (Lipinski definition) is 0. The molecule has 3 fully saturated rings. The Morgan fingerprint density at radius 2 is 1.82 bits per heavy atom. The van der Waals surface area contributed by atoms with Crippen molar-refractivity contribution in [2.24, 2.45) is 5.92 Å². The van der Waals surface area contributed by atoms with E-state index < -0.39 is 5.60 Å². The zero-order valence-corrected chi connectivity index (χ0v) is 14.6. The first kappa shape index (κ1) is 16.3. The molecule has 0 aromatic rings. The summed E-state index contributed by atoms with van der Waals surface area (Å²) in [6.07, 6.45) is 6.35. The summed E-state index contributed by atoms with van der Waals surface area (Å²) in [7, 11) is 0. The Morgan fingerprint density at radius 3 is 2.36 bits per heavy atom. The van der Waals surface area contributed by atoms with Gasteiger partial charge >= 0.3 is 0 Å². The number of morpholine rings is 1. The van der Waals surface area contributed by atoms with Gasteiger partial charge in [-0.25, -0.2) is 0 Å². The van der Waals surface area contributed by atoms with Crippen LogP contribution in [0.1, 0.15) is 59.3 Å². The molecule has 0 N–H and O–H groups in total. The Kier molecular flexibility index (Phi) is 4.52. The molecule has 0 bridgehead atoms. The van der Waals surface area contributed by atoms with Crippen LogP contribution in [0.25, 0.3) is 0 Å². The number of hydrogen-bond acceptors (Lipinski definition) is 3. The fourth-order valence-electron chi connectivity index (χ4n) is 3.96. The van der Waals surface area contributed by atoms with Crippen LogP contribution in [-0.4, -0.2) is 59.6 Å². The van der Waals surface area contributed by atoms with E-state index >= 15 is 0 Å². The maximum atomic E-state index is 12.6. The van der Waals surface area contributed by atoms with Gasteiger partial charge in [0.1, 0.15) is 5.60 Å². The third-order valence-electron chi connectivity index (χ3n) is 5.56. The van der Waals surface area contributed by atoms with Crippen LogP contribution in [0.3, 0.4) is 0 Å². The molecule has 22 heavy (non-hydrogen) atoms. The standard InChI is InChI=1S/C18H32N2O2/c1-4-10-20-14-17(22-18(6-7-18)16(20)21)8-12-19(13-9-17)11-5-15(2)3/h15H,4-14H2,1-3H3. The largest absolute Gasteiger partial charge is 0.357 e. The van der Waals surface area contributed by atoms with Crippen LogP contribution in [0.2, 0.25) is 0 Å². The summed E-state index contributed by atoms with van der Waals surface area (Å²) >= 11 is 0. The minimum absolute atomic E-state index is 0.0616. The van der Waals surface area contributed by atoms with Crippen LogP contribution in [0.5, 0.6) is 0 Å². The van der Waals surface area contributed by atoms with E-state index in [1.54, 1.807) is 0 Å². The Hall–Kier alpha value is -0.610. The Bertz CT molecular complexity index is 409. The molecular weight excluding hydrogens is 276 g/mol. The fraction of sp³-hybridized carbons (Fsp3) is 0.944. The van der Waals surface area contributed by atoms with Crippen molar-refractivity contribution in [3.05, 3.63) is 0 Å².